The van der Waals surface area contributed by atoms with E-state index in [1.54, 1.807) is 42.5 Å². The van der Waals surface area contributed by atoms with Crippen LogP contribution in [0, 0.1) is 0 Å². The number of rotatable bonds is 4. The van der Waals surface area contributed by atoms with Crippen LogP contribution in [0.25, 0.3) is 10.2 Å². The van der Waals surface area contributed by atoms with Crippen molar-refractivity contribution in [3.05, 3.63) is 76.7 Å². The van der Waals surface area contributed by atoms with E-state index in [9.17, 15) is 9.59 Å². The van der Waals surface area contributed by atoms with Crippen LogP contribution >= 0.6 is 27.3 Å². The zero-order valence-corrected chi connectivity index (χ0v) is 16.1. The van der Waals surface area contributed by atoms with Crippen molar-refractivity contribution in [2.45, 2.75) is 0 Å². The normalized spacial score (nSPS) is 10.7. The summed E-state index contributed by atoms with van der Waals surface area (Å²) in [6.45, 7) is 0. The van der Waals surface area contributed by atoms with E-state index in [1.807, 2.05) is 12.1 Å². The van der Waals surface area contributed by atoms with Crippen LogP contribution in [0.2, 0.25) is 0 Å². The number of nitrogens with one attached hydrogen (secondary N) is 2. The molecule has 0 aliphatic heterocycles. The van der Waals surface area contributed by atoms with Crippen molar-refractivity contribution in [2.24, 2.45) is 0 Å². The Kier molecular flexibility index (Phi) is 4.74. The second kappa shape index (κ2) is 7.34. The predicted molar refractivity (Wildman–Crippen MR) is 108 cm³/mol. The van der Waals surface area contributed by atoms with Gasteiger partial charge in [0.05, 0.1) is 16.5 Å². The maximum absolute atomic E-state index is 12.4. The highest BCUT2D eigenvalue weighted by atomic mass is 79.9. The number of carbonyl (C=O) groups excluding carboxylic acids is 2. The molecule has 0 aliphatic carbocycles. The highest BCUT2D eigenvalue weighted by Gasteiger charge is 2.13. The Labute approximate surface area is 166 Å². The zero-order chi connectivity index (χ0) is 18.8. The second-order valence-corrected chi connectivity index (χ2v) is 7.54. The molecule has 2 heterocycles. The van der Waals surface area contributed by atoms with Gasteiger partial charge in [-0.2, -0.15) is 0 Å². The predicted octanol–water partition coefficient (Wildman–Crippen LogP) is 5.16. The summed E-state index contributed by atoms with van der Waals surface area (Å²) >= 11 is 4.68. The number of furan rings is 1. The van der Waals surface area contributed by atoms with Crippen LogP contribution in [0.15, 0.2) is 69.8 Å². The minimum atomic E-state index is -0.359. The molecule has 0 fully saturated rings. The fourth-order valence-corrected chi connectivity index (χ4v) is 3.75. The lowest BCUT2D eigenvalue weighted by atomic mass is 10.2. The summed E-state index contributed by atoms with van der Waals surface area (Å²) in [7, 11) is 0. The third-order valence-electron chi connectivity index (χ3n) is 3.70. The molecule has 0 saturated heterocycles. The Morgan fingerprint density at radius 3 is 2.67 bits per heavy atom. The molecule has 0 unspecified atom stereocenters. The molecule has 2 amide bonds. The third kappa shape index (κ3) is 3.91. The molecule has 0 saturated carbocycles. The molecule has 4 aromatic rings. The maximum atomic E-state index is 12.4. The number of fused-ring (bicyclic) bond motifs is 1. The minimum Gasteiger partial charge on any atom is -0.459 e. The molecule has 134 valence electrons. The van der Waals surface area contributed by atoms with E-state index in [0.29, 0.717) is 16.4 Å². The van der Waals surface area contributed by atoms with Crippen molar-refractivity contribution in [1.82, 2.24) is 4.98 Å². The molecule has 0 atom stereocenters. The van der Waals surface area contributed by atoms with Crippen LogP contribution in [0.3, 0.4) is 0 Å². The molecule has 0 bridgehead atoms. The molecular weight excluding hydrogens is 430 g/mol. The third-order valence-corrected chi connectivity index (χ3v) is 5.13. The lowest BCUT2D eigenvalue weighted by Gasteiger charge is -2.05. The van der Waals surface area contributed by atoms with Gasteiger partial charge < -0.3 is 9.73 Å². The Morgan fingerprint density at radius 1 is 1.00 bits per heavy atom. The number of nitrogens with zero attached hydrogens (tertiary/aromatic N) is 1. The van der Waals surface area contributed by atoms with Gasteiger partial charge >= 0.3 is 0 Å². The number of hydrogen-bond donors (Lipinski definition) is 2. The summed E-state index contributed by atoms with van der Waals surface area (Å²) in [4.78, 5) is 28.8. The average Bonchev–Trinajstić information content (AvgIpc) is 3.30. The Morgan fingerprint density at radius 2 is 1.89 bits per heavy atom. The molecular formula is C19H12BrN3O3S. The maximum Gasteiger partial charge on any atom is 0.293 e. The van der Waals surface area contributed by atoms with E-state index in [-0.39, 0.29) is 17.6 Å². The first-order chi connectivity index (χ1) is 13.1. The fraction of sp³-hybridized carbons (Fsp3) is 0. The molecule has 2 N–H and O–H groups in total. The highest BCUT2D eigenvalue weighted by molar-refractivity contribution is 9.10. The van der Waals surface area contributed by atoms with Crippen molar-refractivity contribution >= 4 is 60.1 Å². The lowest BCUT2D eigenvalue weighted by molar-refractivity contribution is 0.0994. The summed E-state index contributed by atoms with van der Waals surface area (Å²) < 4.78 is 6.75. The standard InChI is InChI=1S/C19H12BrN3O3S/c20-12-4-1-3-11(9-12)17(24)21-13-6-7-14-16(10-13)27-19(22-14)23-18(25)15-5-2-8-26-15/h1-10H,(H,21,24)(H,22,23,25). The largest absolute Gasteiger partial charge is 0.459 e. The SMILES string of the molecule is O=C(Nc1ccc2nc(NC(=O)c3ccco3)sc2c1)c1cccc(Br)c1. The van der Waals surface area contributed by atoms with Crippen molar-refractivity contribution in [3.8, 4) is 0 Å². The van der Waals surface area contributed by atoms with Gasteiger partial charge in [0.1, 0.15) is 0 Å². The van der Waals surface area contributed by atoms with Gasteiger partial charge in [-0.1, -0.05) is 33.3 Å². The van der Waals surface area contributed by atoms with Crippen LogP contribution < -0.4 is 10.6 Å². The van der Waals surface area contributed by atoms with Crippen molar-refractivity contribution in [1.29, 1.82) is 0 Å². The first-order valence-corrected chi connectivity index (χ1v) is 9.52. The van der Waals surface area contributed by atoms with E-state index in [2.05, 4.69) is 31.5 Å². The molecule has 27 heavy (non-hydrogen) atoms. The molecule has 8 heteroatoms. The van der Waals surface area contributed by atoms with Gasteiger partial charge in [0.15, 0.2) is 10.9 Å². The van der Waals surface area contributed by atoms with E-state index in [1.165, 1.54) is 17.6 Å². The van der Waals surface area contributed by atoms with Crippen LogP contribution in [0.4, 0.5) is 10.8 Å². The van der Waals surface area contributed by atoms with Crippen LogP contribution in [-0.4, -0.2) is 16.8 Å². The van der Waals surface area contributed by atoms with Crippen LogP contribution in [0.5, 0.6) is 0 Å². The molecule has 0 aliphatic rings. The minimum absolute atomic E-state index is 0.202. The van der Waals surface area contributed by atoms with Gasteiger partial charge in [-0.05, 0) is 48.5 Å². The van der Waals surface area contributed by atoms with Gasteiger partial charge in [0.25, 0.3) is 11.8 Å². The summed E-state index contributed by atoms with van der Waals surface area (Å²) in [5, 5.41) is 6.04. The number of carbonyl (C=O) groups is 2. The van der Waals surface area contributed by atoms with Crippen molar-refractivity contribution < 1.29 is 14.0 Å². The van der Waals surface area contributed by atoms with Crippen LogP contribution in [0.1, 0.15) is 20.9 Å². The number of aromatic nitrogens is 1. The topological polar surface area (TPSA) is 84.2 Å². The number of amides is 2. The number of thiazole rings is 1. The molecule has 2 aromatic carbocycles. The smallest absolute Gasteiger partial charge is 0.293 e. The van der Waals surface area contributed by atoms with E-state index in [0.717, 1.165) is 14.7 Å². The quantitative estimate of drug-likeness (QED) is 0.458. The first kappa shape index (κ1) is 17.4. The average molecular weight is 442 g/mol. The molecule has 4 rings (SSSR count). The summed E-state index contributed by atoms with van der Waals surface area (Å²) in [5.41, 5.74) is 1.94. The van der Waals surface area contributed by atoms with Gasteiger partial charge in [-0.15, -0.1) is 0 Å². The summed E-state index contributed by atoms with van der Waals surface area (Å²) in [6.07, 6.45) is 1.44. The second-order valence-electron chi connectivity index (χ2n) is 5.60. The van der Waals surface area contributed by atoms with Crippen molar-refractivity contribution in [2.75, 3.05) is 10.6 Å². The number of hydrogen-bond acceptors (Lipinski definition) is 5. The van der Waals surface area contributed by atoms with E-state index in [4.69, 9.17) is 4.42 Å². The Balaban J connectivity index is 1.52. The van der Waals surface area contributed by atoms with Crippen molar-refractivity contribution in [3.63, 3.8) is 0 Å². The number of anilines is 2. The van der Waals surface area contributed by atoms with Gasteiger partial charge in [0, 0.05) is 15.7 Å². The van der Waals surface area contributed by atoms with Crippen LogP contribution in [-0.2, 0) is 0 Å². The molecule has 0 spiro atoms. The van der Waals surface area contributed by atoms with Gasteiger partial charge in [-0.3, -0.25) is 14.9 Å². The number of halogens is 1. The molecule has 2 aromatic heterocycles. The highest BCUT2D eigenvalue weighted by Crippen LogP contribution is 2.29. The Hall–Kier alpha value is -2.97. The molecule has 0 radical (unpaired) electrons. The van der Waals surface area contributed by atoms with Gasteiger partial charge in [-0.25, -0.2) is 4.98 Å². The summed E-state index contributed by atoms with van der Waals surface area (Å²) in [5.74, 6) is -0.343. The number of benzene rings is 2. The summed E-state index contributed by atoms with van der Waals surface area (Å²) in [6, 6.07) is 15.8. The van der Waals surface area contributed by atoms with Gasteiger partial charge in [0.2, 0.25) is 0 Å². The monoisotopic (exact) mass is 441 g/mol. The first-order valence-electron chi connectivity index (χ1n) is 7.91. The van der Waals surface area contributed by atoms with E-state index < -0.39 is 0 Å². The fourth-order valence-electron chi connectivity index (χ4n) is 2.46. The van der Waals surface area contributed by atoms with E-state index >= 15 is 0 Å². The lowest BCUT2D eigenvalue weighted by Crippen LogP contribution is -2.11. The zero-order valence-electron chi connectivity index (χ0n) is 13.7. The Bertz CT molecular complexity index is 1140. The molecule has 6 nitrogen and oxygen atoms in total.